The zero-order valence-corrected chi connectivity index (χ0v) is 17.0. The van der Waals surface area contributed by atoms with E-state index in [2.05, 4.69) is 9.97 Å². The number of hydrogen-bond acceptors (Lipinski definition) is 6. The summed E-state index contributed by atoms with van der Waals surface area (Å²) in [5.41, 5.74) is 1.49. The number of aromatic nitrogens is 2. The third-order valence-electron chi connectivity index (χ3n) is 5.22. The van der Waals surface area contributed by atoms with E-state index < -0.39 is 15.9 Å². The van der Waals surface area contributed by atoms with Crippen molar-refractivity contribution in [2.24, 2.45) is 0 Å². The summed E-state index contributed by atoms with van der Waals surface area (Å²) < 4.78 is 26.9. The molecule has 8 nitrogen and oxygen atoms in total. The van der Waals surface area contributed by atoms with Crippen molar-refractivity contribution in [3.8, 4) is 6.07 Å². The van der Waals surface area contributed by atoms with E-state index in [1.807, 2.05) is 35.2 Å². The quantitative estimate of drug-likeness (QED) is 0.647. The fourth-order valence-electron chi connectivity index (χ4n) is 3.58. The summed E-state index contributed by atoms with van der Waals surface area (Å²) in [6, 6.07) is 17.7. The fraction of sp³-hybridized carbons (Fsp3) is 0.286. The van der Waals surface area contributed by atoms with Gasteiger partial charge in [0.05, 0.1) is 28.5 Å². The number of carbonyl (C=O) groups excluding carboxylic acids is 1. The maximum absolute atomic E-state index is 12.8. The van der Waals surface area contributed by atoms with Crippen molar-refractivity contribution in [1.29, 1.82) is 5.26 Å². The number of para-hydroxylation sites is 2. The zero-order chi connectivity index (χ0) is 21.1. The molecule has 154 valence electrons. The molecule has 0 spiro atoms. The number of aromatic amines is 1. The predicted molar refractivity (Wildman–Crippen MR) is 111 cm³/mol. The summed E-state index contributed by atoms with van der Waals surface area (Å²) in [6.45, 7) is 1.53. The molecule has 2 heterocycles. The number of fused-ring (bicyclic) bond motifs is 1. The number of imidazole rings is 1. The Balaban J connectivity index is 1.39. The second kappa shape index (κ2) is 8.36. The van der Waals surface area contributed by atoms with Crippen LogP contribution in [0, 0.1) is 11.3 Å². The van der Waals surface area contributed by atoms with Crippen LogP contribution in [-0.2, 0) is 14.8 Å². The van der Waals surface area contributed by atoms with E-state index in [-0.39, 0.29) is 17.2 Å². The monoisotopic (exact) mass is 423 g/mol. The van der Waals surface area contributed by atoms with Gasteiger partial charge in [-0.15, -0.1) is 0 Å². The molecule has 3 aromatic rings. The minimum absolute atomic E-state index is 0.0779. The SMILES string of the molecule is N#C[C@@H](C(=O)CN1CCN(S(=O)(=O)c2ccccc2)CC1)c1nc2ccccc2[nH]1. The maximum atomic E-state index is 12.8. The molecule has 1 aromatic heterocycles. The van der Waals surface area contributed by atoms with Gasteiger partial charge in [0.1, 0.15) is 5.82 Å². The first-order chi connectivity index (χ1) is 14.5. The summed E-state index contributed by atoms with van der Waals surface area (Å²) >= 11 is 0. The molecule has 1 atom stereocenters. The molecule has 0 bridgehead atoms. The highest BCUT2D eigenvalue weighted by Gasteiger charge is 2.31. The van der Waals surface area contributed by atoms with Crippen molar-refractivity contribution < 1.29 is 13.2 Å². The number of piperazine rings is 1. The summed E-state index contributed by atoms with van der Waals surface area (Å²) in [6.07, 6.45) is 0. The topological polar surface area (TPSA) is 110 Å². The summed E-state index contributed by atoms with van der Waals surface area (Å²) in [5.74, 6) is -0.895. The predicted octanol–water partition coefficient (Wildman–Crippen LogP) is 1.75. The Bertz CT molecular complexity index is 1160. The molecule has 0 radical (unpaired) electrons. The van der Waals surface area contributed by atoms with E-state index in [0.29, 0.717) is 37.5 Å². The number of ketones is 1. The Hall–Kier alpha value is -3.06. The lowest BCUT2D eigenvalue weighted by Crippen LogP contribution is -2.50. The highest BCUT2D eigenvalue weighted by Crippen LogP contribution is 2.20. The molecule has 1 fully saturated rings. The van der Waals surface area contributed by atoms with Crippen LogP contribution in [0.1, 0.15) is 11.7 Å². The Morgan fingerprint density at radius 3 is 2.40 bits per heavy atom. The molecule has 30 heavy (non-hydrogen) atoms. The molecular weight excluding hydrogens is 402 g/mol. The molecule has 1 aliphatic rings. The lowest BCUT2D eigenvalue weighted by atomic mass is 10.0. The standard InChI is InChI=1S/C21H21N5O3S/c22-14-17(21-23-18-8-4-5-9-19(18)24-21)20(27)15-25-10-12-26(13-11-25)30(28,29)16-6-2-1-3-7-16/h1-9,17H,10-13,15H2,(H,23,24)/t17-/m0/s1. The van der Waals surface area contributed by atoms with Crippen LogP contribution in [-0.4, -0.2) is 66.1 Å². The number of nitrogens with zero attached hydrogens (tertiary/aromatic N) is 4. The Morgan fingerprint density at radius 1 is 1.07 bits per heavy atom. The van der Waals surface area contributed by atoms with E-state index in [4.69, 9.17) is 0 Å². The van der Waals surface area contributed by atoms with E-state index >= 15 is 0 Å². The lowest BCUT2D eigenvalue weighted by molar-refractivity contribution is -0.120. The molecule has 0 amide bonds. The molecule has 0 aliphatic carbocycles. The van der Waals surface area contributed by atoms with Crippen molar-refractivity contribution in [3.63, 3.8) is 0 Å². The van der Waals surface area contributed by atoms with Crippen molar-refractivity contribution in [1.82, 2.24) is 19.2 Å². The average molecular weight is 423 g/mol. The van der Waals surface area contributed by atoms with Crippen molar-refractivity contribution in [2.75, 3.05) is 32.7 Å². The lowest BCUT2D eigenvalue weighted by Gasteiger charge is -2.33. The van der Waals surface area contributed by atoms with Gasteiger partial charge >= 0.3 is 0 Å². The van der Waals surface area contributed by atoms with Crippen LogP contribution < -0.4 is 0 Å². The largest absolute Gasteiger partial charge is 0.340 e. The first-order valence-electron chi connectivity index (χ1n) is 9.63. The zero-order valence-electron chi connectivity index (χ0n) is 16.2. The smallest absolute Gasteiger partial charge is 0.243 e. The molecule has 1 aliphatic heterocycles. The third-order valence-corrected chi connectivity index (χ3v) is 7.14. The second-order valence-electron chi connectivity index (χ2n) is 7.16. The fourth-order valence-corrected chi connectivity index (χ4v) is 5.02. The third kappa shape index (κ3) is 3.98. The van der Waals surface area contributed by atoms with Crippen LogP contribution in [0.4, 0.5) is 0 Å². The first-order valence-corrected chi connectivity index (χ1v) is 11.1. The summed E-state index contributed by atoms with van der Waals surface area (Å²) in [4.78, 5) is 22.3. The van der Waals surface area contributed by atoms with Gasteiger partial charge in [0.25, 0.3) is 0 Å². The minimum atomic E-state index is -3.54. The van der Waals surface area contributed by atoms with Gasteiger partial charge in [0.2, 0.25) is 10.0 Å². The van der Waals surface area contributed by atoms with Crippen LogP contribution >= 0.6 is 0 Å². The van der Waals surface area contributed by atoms with Gasteiger partial charge < -0.3 is 4.98 Å². The van der Waals surface area contributed by atoms with Gasteiger partial charge in [0.15, 0.2) is 11.7 Å². The number of benzene rings is 2. The molecule has 2 aromatic carbocycles. The Labute approximate surface area is 174 Å². The van der Waals surface area contributed by atoms with Gasteiger partial charge in [-0.1, -0.05) is 30.3 Å². The number of rotatable bonds is 6. The summed E-state index contributed by atoms with van der Waals surface area (Å²) in [5, 5.41) is 9.54. The van der Waals surface area contributed by atoms with E-state index in [0.717, 1.165) is 5.52 Å². The van der Waals surface area contributed by atoms with Gasteiger partial charge in [0, 0.05) is 26.2 Å². The highest BCUT2D eigenvalue weighted by molar-refractivity contribution is 7.89. The minimum Gasteiger partial charge on any atom is -0.340 e. The molecule has 1 saturated heterocycles. The number of nitrogens with one attached hydrogen (secondary N) is 1. The molecule has 0 saturated carbocycles. The van der Waals surface area contributed by atoms with Crippen molar-refractivity contribution >= 4 is 26.8 Å². The highest BCUT2D eigenvalue weighted by atomic mass is 32.2. The average Bonchev–Trinajstić information content (AvgIpc) is 3.19. The van der Waals surface area contributed by atoms with Gasteiger partial charge in [-0.3, -0.25) is 9.69 Å². The first kappa shape index (κ1) is 20.2. The number of nitriles is 1. The van der Waals surface area contributed by atoms with Crippen LogP contribution in [0.15, 0.2) is 59.5 Å². The normalized spacial score (nSPS) is 16.9. The van der Waals surface area contributed by atoms with Gasteiger partial charge in [-0.25, -0.2) is 13.4 Å². The van der Waals surface area contributed by atoms with E-state index in [1.165, 1.54) is 4.31 Å². The second-order valence-corrected chi connectivity index (χ2v) is 9.10. The number of H-pyrrole nitrogens is 1. The number of hydrogen-bond donors (Lipinski definition) is 1. The van der Waals surface area contributed by atoms with Crippen LogP contribution in [0.2, 0.25) is 0 Å². The molecule has 4 rings (SSSR count). The summed E-state index contributed by atoms with van der Waals surface area (Å²) in [7, 11) is -3.54. The van der Waals surface area contributed by atoms with E-state index in [1.54, 1.807) is 30.3 Å². The van der Waals surface area contributed by atoms with Gasteiger partial charge in [-0.2, -0.15) is 9.57 Å². The molecular formula is C21H21N5O3S. The van der Waals surface area contributed by atoms with Crippen LogP contribution in [0.25, 0.3) is 11.0 Å². The number of carbonyl (C=O) groups is 1. The molecule has 9 heteroatoms. The Morgan fingerprint density at radius 2 is 1.73 bits per heavy atom. The van der Waals surface area contributed by atoms with Crippen molar-refractivity contribution in [2.45, 2.75) is 10.8 Å². The molecule has 1 N–H and O–H groups in total. The van der Waals surface area contributed by atoms with Crippen LogP contribution in [0.3, 0.4) is 0 Å². The number of Topliss-reactive ketones (excluding diaryl/α,β-unsaturated/α-hetero) is 1. The maximum Gasteiger partial charge on any atom is 0.243 e. The number of sulfonamides is 1. The van der Waals surface area contributed by atoms with E-state index in [9.17, 15) is 18.5 Å². The van der Waals surface area contributed by atoms with Gasteiger partial charge in [-0.05, 0) is 24.3 Å². The molecule has 0 unspecified atom stereocenters. The Kier molecular flexibility index (Phi) is 5.63. The van der Waals surface area contributed by atoms with Crippen molar-refractivity contribution in [3.05, 3.63) is 60.4 Å². The van der Waals surface area contributed by atoms with Crippen LogP contribution in [0.5, 0.6) is 0 Å².